The second kappa shape index (κ2) is 5.85. The van der Waals surface area contributed by atoms with Crippen LogP contribution >= 0.6 is 0 Å². The number of esters is 1. The van der Waals surface area contributed by atoms with Gasteiger partial charge in [-0.1, -0.05) is 25.7 Å². The van der Waals surface area contributed by atoms with E-state index in [9.17, 15) is 9.59 Å². The van der Waals surface area contributed by atoms with Crippen LogP contribution in [0.25, 0.3) is 0 Å². The molecule has 4 nitrogen and oxygen atoms in total. The summed E-state index contributed by atoms with van der Waals surface area (Å²) in [6.07, 6.45) is 6.45. The highest BCUT2D eigenvalue weighted by Crippen LogP contribution is 2.26. The van der Waals surface area contributed by atoms with Gasteiger partial charge in [0, 0.05) is 5.92 Å². The van der Waals surface area contributed by atoms with Crippen molar-refractivity contribution < 1.29 is 18.7 Å². The third kappa shape index (κ3) is 2.81. The Morgan fingerprint density at radius 1 is 1.11 bits per heavy atom. The molecule has 0 aromatic carbocycles. The van der Waals surface area contributed by atoms with E-state index in [-0.39, 0.29) is 23.2 Å². The van der Waals surface area contributed by atoms with Gasteiger partial charge in [-0.2, -0.15) is 0 Å². The first-order valence-electron chi connectivity index (χ1n) is 6.44. The van der Waals surface area contributed by atoms with Crippen molar-refractivity contribution in [2.75, 3.05) is 7.11 Å². The summed E-state index contributed by atoms with van der Waals surface area (Å²) in [6, 6.07) is 3.06. The average Bonchev–Trinajstić information content (AvgIpc) is 2.72. The molecule has 18 heavy (non-hydrogen) atoms. The summed E-state index contributed by atoms with van der Waals surface area (Å²) < 4.78 is 9.82. The third-order valence-electron chi connectivity index (χ3n) is 3.46. The van der Waals surface area contributed by atoms with Gasteiger partial charge in [0.05, 0.1) is 7.11 Å². The number of hydrogen-bond acceptors (Lipinski definition) is 4. The van der Waals surface area contributed by atoms with Crippen LogP contribution in [0.3, 0.4) is 0 Å². The SMILES string of the molecule is COC(=O)c1ccc(C(=O)C2CCCCCC2)o1. The molecule has 1 saturated carbocycles. The molecule has 1 heterocycles. The molecule has 2 rings (SSSR count). The van der Waals surface area contributed by atoms with Crippen LogP contribution in [0.5, 0.6) is 0 Å². The average molecular weight is 250 g/mol. The zero-order valence-corrected chi connectivity index (χ0v) is 10.6. The van der Waals surface area contributed by atoms with E-state index >= 15 is 0 Å². The molecule has 0 bridgehead atoms. The number of methoxy groups -OCH3 is 1. The van der Waals surface area contributed by atoms with Crippen LogP contribution in [0.15, 0.2) is 16.5 Å². The second-order valence-corrected chi connectivity index (χ2v) is 4.71. The highest BCUT2D eigenvalue weighted by Gasteiger charge is 2.24. The van der Waals surface area contributed by atoms with E-state index in [0.717, 1.165) is 25.7 Å². The molecule has 0 amide bonds. The zero-order valence-electron chi connectivity index (χ0n) is 10.6. The van der Waals surface area contributed by atoms with Crippen LogP contribution in [0.4, 0.5) is 0 Å². The Bertz CT molecular complexity index is 425. The summed E-state index contributed by atoms with van der Waals surface area (Å²) in [5.41, 5.74) is 0. The largest absolute Gasteiger partial charge is 0.463 e. The van der Waals surface area contributed by atoms with Gasteiger partial charge < -0.3 is 9.15 Å². The smallest absolute Gasteiger partial charge is 0.373 e. The van der Waals surface area contributed by atoms with Crippen LogP contribution in [0.1, 0.15) is 59.6 Å². The number of Topliss-reactive ketones (excluding diaryl/α,β-unsaturated/α-hetero) is 1. The molecule has 1 aromatic rings. The molecule has 1 fully saturated rings. The summed E-state index contributed by atoms with van der Waals surface area (Å²) in [5, 5.41) is 0. The van der Waals surface area contributed by atoms with Crippen molar-refractivity contribution in [3.05, 3.63) is 23.7 Å². The van der Waals surface area contributed by atoms with Gasteiger partial charge in [0.2, 0.25) is 11.5 Å². The normalized spacial score (nSPS) is 17.2. The summed E-state index contributed by atoms with van der Waals surface area (Å²) in [5.74, 6) is -0.108. The van der Waals surface area contributed by atoms with Crippen LogP contribution in [0, 0.1) is 5.92 Å². The van der Waals surface area contributed by atoms with E-state index in [1.165, 1.54) is 26.0 Å². The Hall–Kier alpha value is -1.58. The molecule has 0 N–H and O–H groups in total. The molecule has 1 aliphatic carbocycles. The van der Waals surface area contributed by atoms with Crippen molar-refractivity contribution in [1.29, 1.82) is 0 Å². The Labute approximate surface area is 106 Å². The Kier molecular flexibility index (Phi) is 4.18. The van der Waals surface area contributed by atoms with Crippen molar-refractivity contribution in [2.45, 2.75) is 38.5 Å². The third-order valence-corrected chi connectivity index (χ3v) is 3.46. The Morgan fingerprint density at radius 3 is 2.33 bits per heavy atom. The molecular formula is C14H18O4. The number of carbonyl (C=O) groups excluding carboxylic acids is 2. The molecule has 0 aliphatic heterocycles. The van der Waals surface area contributed by atoms with Crippen LogP contribution in [0.2, 0.25) is 0 Å². The number of hydrogen-bond donors (Lipinski definition) is 0. The fourth-order valence-corrected chi connectivity index (χ4v) is 2.42. The van der Waals surface area contributed by atoms with Gasteiger partial charge in [-0.05, 0) is 25.0 Å². The van der Waals surface area contributed by atoms with Gasteiger partial charge in [0.1, 0.15) is 0 Å². The predicted molar refractivity (Wildman–Crippen MR) is 65.6 cm³/mol. The molecule has 98 valence electrons. The lowest BCUT2D eigenvalue weighted by atomic mass is 9.94. The van der Waals surface area contributed by atoms with Gasteiger partial charge in [-0.3, -0.25) is 4.79 Å². The minimum Gasteiger partial charge on any atom is -0.463 e. The Balaban J connectivity index is 2.08. The van der Waals surface area contributed by atoms with Crippen molar-refractivity contribution in [2.24, 2.45) is 5.92 Å². The highest BCUT2D eigenvalue weighted by molar-refractivity contribution is 5.96. The first-order valence-corrected chi connectivity index (χ1v) is 6.44. The fraction of sp³-hybridized carbons (Fsp3) is 0.571. The first-order chi connectivity index (χ1) is 8.72. The summed E-state index contributed by atoms with van der Waals surface area (Å²) >= 11 is 0. The molecule has 0 atom stereocenters. The van der Waals surface area contributed by atoms with E-state index in [4.69, 9.17) is 4.42 Å². The molecular weight excluding hydrogens is 232 g/mol. The number of rotatable bonds is 3. The molecule has 1 aliphatic rings. The lowest BCUT2D eigenvalue weighted by molar-refractivity contribution is 0.0562. The van der Waals surface area contributed by atoms with Crippen molar-refractivity contribution in [3.63, 3.8) is 0 Å². The maximum Gasteiger partial charge on any atom is 0.373 e. The second-order valence-electron chi connectivity index (χ2n) is 4.71. The summed E-state index contributed by atoms with van der Waals surface area (Å²) in [7, 11) is 1.29. The lowest BCUT2D eigenvalue weighted by Gasteiger charge is -2.10. The molecule has 1 aromatic heterocycles. The number of carbonyl (C=O) groups is 2. The van der Waals surface area contributed by atoms with Crippen molar-refractivity contribution in [3.8, 4) is 0 Å². The van der Waals surface area contributed by atoms with Crippen molar-refractivity contribution in [1.82, 2.24) is 0 Å². The quantitative estimate of drug-likeness (QED) is 0.469. The van der Waals surface area contributed by atoms with Gasteiger partial charge >= 0.3 is 5.97 Å². The minimum absolute atomic E-state index is 0.0204. The number of ether oxygens (including phenoxy) is 1. The minimum atomic E-state index is -0.546. The maximum atomic E-state index is 12.2. The molecule has 0 unspecified atom stereocenters. The van der Waals surface area contributed by atoms with Crippen LogP contribution in [-0.4, -0.2) is 18.9 Å². The first kappa shape index (κ1) is 12.9. The highest BCUT2D eigenvalue weighted by atomic mass is 16.5. The lowest BCUT2D eigenvalue weighted by Crippen LogP contribution is -2.13. The van der Waals surface area contributed by atoms with Crippen LogP contribution < -0.4 is 0 Å². The van der Waals surface area contributed by atoms with Gasteiger partial charge in [-0.15, -0.1) is 0 Å². The summed E-state index contributed by atoms with van der Waals surface area (Å²) in [6.45, 7) is 0. The number of ketones is 1. The molecule has 4 heteroatoms. The Morgan fingerprint density at radius 2 is 1.72 bits per heavy atom. The monoisotopic (exact) mass is 250 g/mol. The molecule has 0 spiro atoms. The molecule has 0 radical (unpaired) electrons. The predicted octanol–water partition coefficient (Wildman–Crippen LogP) is 3.22. The topological polar surface area (TPSA) is 56.5 Å². The fourth-order valence-electron chi connectivity index (χ4n) is 2.42. The van der Waals surface area contributed by atoms with E-state index in [1.54, 1.807) is 6.07 Å². The van der Waals surface area contributed by atoms with Gasteiger partial charge in [0.25, 0.3) is 0 Å². The number of furan rings is 1. The van der Waals surface area contributed by atoms with Gasteiger partial charge in [0.15, 0.2) is 5.76 Å². The van der Waals surface area contributed by atoms with E-state index < -0.39 is 5.97 Å². The zero-order chi connectivity index (χ0) is 13.0. The summed E-state index contributed by atoms with van der Waals surface area (Å²) in [4.78, 5) is 23.5. The van der Waals surface area contributed by atoms with Crippen LogP contribution in [-0.2, 0) is 4.74 Å². The standard InChI is InChI=1S/C14H18O4/c1-17-14(16)12-9-8-11(18-12)13(15)10-6-4-2-3-5-7-10/h8-10H,2-7H2,1H3. The van der Waals surface area contributed by atoms with E-state index in [0.29, 0.717) is 0 Å². The van der Waals surface area contributed by atoms with Gasteiger partial charge in [-0.25, -0.2) is 4.79 Å². The molecule has 0 saturated heterocycles. The van der Waals surface area contributed by atoms with Crippen molar-refractivity contribution >= 4 is 11.8 Å². The maximum absolute atomic E-state index is 12.2. The van der Waals surface area contributed by atoms with E-state index in [1.807, 2.05) is 0 Å². The van der Waals surface area contributed by atoms with E-state index in [2.05, 4.69) is 4.74 Å².